The van der Waals surface area contributed by atoms with Gasteiger partial charge >= 0.3 is 0 Å². The Morgan fingerprint density at radius 2 is 2.10 bits per heavy atom. The van der Waals surface area contributed by atoms with Crippen molar-refractivity contribution in [1.82, 2.24) is 20.8 Å². The van der Waals surface area contributed by atoms with Crippen LogP contribution in [0.2, 0.25) is 0 Å². The predicted molar refractivity (Wildman–Crippen MR) is 80.1 cm³/mol. The van der Waals surface area contributed by atoms with Crippen molar-refractivity contribution in [2.45, 2.75) is 45.6 Å². The SMILES string of the molecule is Cc1nc(C(C)(C)NC(=O)C2CC23CCNCC3)no1.Cl. The quantitative estimate of drug-likeness (QED) is 0.884. The van der Waals surface area contributed by atoms with Crippen LogP contribution >= 0.6 is 12.4 Å². The molecule has 2 heterocycles. The van der Waals surface area contributed by atoms with Crippen molar-refractivity contribution in [2.24, 2.45) is 11.3 Å². The third-order valence-corrected chi connectivity index (χ3v) is 4.63. The first-order valence-electron chi connectivity index (χ1n) is 7.27. The highest BCUT2D eigenvalue weighted by atomic mass is 35.5. The highest BCUT2D eigenvalue weighted by Crippen LogP contribution is 2.58. The van der Waals surface area contributed by atoms with E-state index >= 15 is 0 Å². The second-order valence-electron chi connectivity index (χ2n) is 6.62. The van der Waals surface area contributed by atoms with E-state index in [9.17, 15) is 4.79 Å². The summed E-state index contributed by atoms with van der Waals surface area (Å²) >= 11 is 0. The molecular weight excluding hydrogens is 292 g/mol. The van der Waals surface area contributed by atoms with Gasteiger partial charge < -0.3 is 15.2 Å². The zero-order chi connectivity index (χ0) is 14.4. The number of nitrogens with one attached hydrogen (secondary N) is 2. The average molecular weight is 315 g/mol. The van der Waals surface area contributed by atoms with Crippen LogP contribution in [-0.2, 0) is 10.3 Å². The van der Waals surface area contributed by atoms with Crippen molar-refractivity contribution in [3.8, 4) is 0 Å². The van der Waals surface area contributed by atoms with Crippen molar-refractivity contribution >= 4 is 18.3 Å². The maximum absolute atomic E-state index is 12.5. The van der Waals surface area contributed by atoms with E-state index in [-0.39, 0.29) is 29.6 Å². The molecule has 2 aliphatic rings. The molecule has 2 N–H and O–H groups in total. The van der Waals surface area contributed by atoms with Crippen LogP contribution < -0.4 is 10.6 Å². The normalized spacial score (nSPS) is 23.5. The summed E-state index contributed by atoms with van der Waals surface area (Å²) in [5.74, 6) is 1.32. The third-order valence-electron chi connectivity index (χ3n) is 4.63. The molecule has 1 saturated carbocycles. The first-order valence-corrected chi connectivity index (χ1v) is 7.27. The molecular formula is C14H23ClN4O2. The number of hydrogen-bond acceptors (Lipinski definition) is 5. The van der Waals surface area contributed by atoms with Gasteiger partial charge in [-0.05, 0) is 51.6 Å². The van der Waals surface area contributed by atoms with Gasteiger partial charge in [-0.1, -0.05) is 5.16 Å². The number of amides is 1. The van der Waals surface area contributed by atoms with Gasteiger partial charge in [-0.3, -0.25) is 4.79 Å². The fraction of sp³-hybridized carbons (Fsp3) is 0.786. The van der Waals surface area contributed by atoms with Gasteiger partial charge in [0.15, 0.2) is 5.82 Å². The van der Waals surface area contributed by atoms with Crippen molar-refractivity contribution in [1.29, 1.82) is 0 Å². The summed E-state index contributed by atoms with van der Waals surface area (Å²) in [6, 6.07) is 0. The van der Waals surface area contributed by atoms with Crippen molar-refractivity contribution < 1.29 is 9.32 Å². The van der Waals surface area contributed by atoms with Crippen LogP contribution in [0.25, 0.3) is 0 Å². The molecule has 6 nitrogen and oxygen atoms in total. The van der Waals surface area contributed by atoms with Gasteiger partial charge in [0.1, 0.15) is 0 Å². The smallest absolute Gasteiger partial charge is 0.224 e. The molecule has 21 heavy (non-hydrogen) atoms. The van der Waals surface area contributed by atoms with E-state index in [1.54, 1.807) is 6.92 Å². The lowest BCUT2D eigenvalue weighted by Gasteiger charge is -2.26. The molecule has 0 radical (unpaired) electrons. The lowest BCUT2D eigenvalue weighted by molar-refractivity contribution is -0.125. The van der Waals surface area contributed by atoms with E-state index in [2.05, 4.69) is 20.8 Å². The molecule has 1 amide bonds. The molecule has 1 aliphatic heterocycles. The standard InChI is InChI=1S/C14H22N4O2.ClH/c1-9-16-12(18-20-9)13(2,3)17-11(19)10-8-14(10)4-6-15-7-5-14;/h10,15H,4-8H2,1-3H3,(H,17,19);1H. The lowest BCUT2D eigenvalue weighted by Crippen LogP contribution is -2.44. The maximum atomic E-state index is 12.5. The Morgan fingerprint density at radius 1 is 1.43 bits per heavy atom. The maximum Gasteiger partial charge on any atom is 0.224 e. The molecule has 3 rings (SSSR count). The molecule has 1 spiro atoms. The van der Waals surface area contributed by atoms with Gasteiger partial charge in [-0.15, -0.1) is 12.4 Å². The van der Waals surface area contributed by atoms with Crippen molar-refractivity contribution in [3.05, 3.63) is 11.7 Å². The summed E-state index contributed by atoms with van der Waals surface area (Å²) < 4.78 is 5.00. The Bertz CT molecular complexity index is 523. The summed E-state index contributed by atoms with van der Waals surface area (Å²) in [6.07, 6.45) is 3.22. The minimum Gasteiger partial charge on any atom is -0.344 e. The molecule has 1 saturated heterocycles. The van der Waals surface area contributed by atoms with Gasteiger partial charge in [-0.2, -0.15) is 4.98 Å². The van der Waals surface area contributed by atoms with Crippen LogP contribution in [0.3, 0.4) is 0 Å². The first kappa shape index (κ1) is 16.2. The Kier molecular flexibility index (Phi) is 4.31. The minimum atomic E-state index is -0.592. The second kappa shape index (κ2) is 5.57. The predicted octanol–water partition coefficient (Wildman–Crippen LogP) is 1.54. The van der Waals surface area contributed by atoms with E-state index in [4.69, 9.17) is 4.52 Å². The number of rotatable bonds is 3. The number of halogens is 1. The van der Waals surface area contributed by atoms with Crippen LogP contribution in [-0.4, -0.2) is 29.1 Å². The number of hydrogen-bond donors (Lipinski definition) is 2. The highest BCUT2D eigenvalue weighted by Gasteiger charge is 2.58. The average Bonchev–Trinajstić information content (AvgIpc) is 2.88. The van der Waals surface area contributed by atoms with Gasteiger partial charge in [0.25, 0.3) is 0 Å². The largest absolute Gasteiger partial charge is 0.344 e. The van der Waals surface area contributed by atoms with Crippen LogP contribution in [0, 0.1) is 18.3 Å². The van der Waals surface area contributed by atoms with E-state index in [1.807, 2.05) is 13.8 Å². The number of piperidine rings is 1. The summed E-state index contributed by atoms with van der Waals surface area (Å²) in [6.45, 7) is 7.62. The van der Waals surface area contributed by atoms with Gasteiger partial charge in [0, 0.05) is 12.8 Å². The van der Waals surface area contributed by atoms with Crippen LogP contribution in [0.4, 0.5) is 0 Å². The number of carbonyl (C=O) groups excluding carboxylic acids is 1. The Morgan fingerprint density at radius 3 is 2.67 bits per heavy atom. The van der Waals surface area contributed by atoms with Crippen molar-refractivity contribution in [2.75, 3.05) is 13.1 Å². The summed E-state index contributed by atoms with van der Waals surface area (Å²) in [5.41, 5.74) is -0.343. The first-order chi connectivity index (χ1) is 9.43. The summed E-state index contributed by atoms with van der Waals surface area (Å²) in [5, 5.41) is 10.3. The van der Waals surface area contributed by atoms with Gasteiger partial charge in [0.2, 0.25) is 11.8 Å². The van der Waals surface area contributed by atoms with Crippen LogP contribution in [0.15, 0.2) is 4.52 Å². The Labute approximate surface area is 130 Å². The van der Waals surface area contributed by atoms with E-state index in [0.29, 0.717) is 11.7 Å². The number of carbonyl (C=O) groups is 1. The fourth-order valence-corrected chi connectivity index (χ4v) is 3.20. The fourth-order valence-electron chi connectivity index (χ4n) is 3.20. The summed E-state index contributed by atoms with van der Waals surface area (Å²) in [7, 11) is 0. The molecule has 7 heteroatoms. The van der Waals surface area contributed by atoms with E-state index < -0.39 is 5.54 Å². The van der Waals surface area contributed by atoms with Gasteiger partial charge in [0.05, 0.1) is 5.54 Å². The molecule has 1 aromatic heterocycles. The minimum absolute atomic E-state index is 0. The second-order valence-corrected chi connectivity index (χ2v) is 6.62. The molecule has 0 aromatic carbocycles. The van der Waals surface area contributed by atoms with Crippen molar-refractivity contribution in [3.63, 3.8) is 0 Å². The molecule has 1 aliphatic carbocycles. The molecule has 2 fully saturated rings. The topological polar surface area (TPSA) is 80.0 Å². The molecule has 0 bridgehead atoms. The van der Waals surface area contributed by atoms with E-state index in [1.165, 1.54) is 0 Å². The third kappa shape index (κ3) is 3.06. The zero-order valence-electron chi connectivity index (χ0n) is 12.7. The Hall–Kier alpha value is -1.14. The van der Waals surface area contributed by atoms with E-state index in [0.717, 1.165) is 32.4 Å². The monoisotopic (exact) mass is 314 g/mol. The summed E-state index contributed by atoms with van der Waals surface area (Å²) in [4.78, 5) is 16.7. The van der Waals surface area contributed by atoms with Gasteiger partial charge in [-0.25, -0.2) is 0 Å². The van der Waals surface area contributed by atoms with Crippen LogP contribution in [0.5, 0.6) is 0 Å². The number of nitrogens with zero attached hydrogens (tertiary/aromatic N) is 2. The lowest BCUT2D eigenvalue weighted by atomic mass is 9.91. The zero-order valence-corrected chi connectivity index (χ0v) is 13.5. The molecule has 1 unspecified atom stereocenters. The molecule has 1 aromatic rings. The highest BCUT2D eigenvalue weighted by molar-refractivity contribution is 5.85. The molecule has 118 valence electrons. The Balaban J connectivity index is 0.00000161. The number of aromatic nitrogens is 2. The molecule has 1 atom stereocenters. The number of aryl methyl sites for hydroxylation is 1. The van der Waals surface area contributed by atoms with Crippen LogP contribution in [0.1, 0.15) is 44.8 Å².